The Bertz CT molecular complexity index is 909. The van der Waals surface area contributed by atoms with Crippen LogP contribution in [0, 0.1) is 11.3 Å². The molecule has 2 aromatic carbocycles. The Morgan fingerprint density at radius 2 is 1.87 bits per heavy atom. The second-order valence-corrected chi connectivity index (χ2v) is 8.73. The summed E-state index contributed by atoms with van der Waals surface area (Å²) < 4.78 is 11.6. The molecule has 0 saturated heterocycles. The SMILES string of the molecule is CC(C)CN1C(=O)C(C)(C)COc2ccc(NC(=O)C(C)Oc3ccccc3)cc21. The lowest BCUT2D eigenvalue weighted by molar-refractivity contribution is -0.127. The third kappa shape index (κ3) is 4.93. The molecule has 0 bridgehead atoms. The van der Waals surface area contributed by atoms with Crippen molar-refractivity contribution >= 4 is 23.2 Å². The fraction of sp³-hybridized carbons (Fsp3) is 0.417. The summed E-state index contributed by atoms with van der Waals surface area (Å²) in [5, 5.41) is 2.88. The Labute approximate surface area is 178 Å². The van der Waals surface area contributed by atoms with Crippen molar-refractivity contribution in [3.05, 3.63) is 48.5 Å². The molecule has 1 atom stereocenters. The van der Waals surface area contributed by atoms with Crippen LogP contribution in [0.5, 0.6) is 11.5 Å². The van der Waals surface area contributed by atoms with Crippen LogP contribution in [0.1, 0.15) is 34.6 Å². The molecule has 1 N–H and O–H groups in total. The molecule has 0 aromatic heterocycles. The highest BCUT2D eigenvalue weighted by atomic mass is 16.5. The molecule has 1 unspecified atom stereocenters. The number of para-hydroxylation sites is 1. The number of fused-ring (bicyclic) bond motifs is 1. The molecule has 1 aliphatic heterocycles. The Morgan fingerprint density at radius 1 is 1.17 bits per heavy atom. The van der Waals surface area contributed by atoms with Crippen LogP contribution in [0.25, 0.3) is 0 Å². The number of carbonyl (C=O) groups excluding carboxylic acids is 2. The van der Waals surface area contributed by atoms with Gasteiger partial charge in [0.15, 0.2) is 6.10 Å². The van der Waals surface area contributed by atoms with Crippen molar-refractivity contribution in [1.82, 2.24) is 0 Å². The Balaban J connectivity index is 1.82. The number of nitrogens with zero attached hydrogens (tertiary/aromatic N) is 1. The van der Waals surface area contributed by atoms with Crippen molar-refractivity contribution < 1.29 is 19.1 Å². The molecule has 0 radical (unpaired) electrons. The summed E-state index contributed by atoms with van der Waals surface area (Å²) in [6.07, 6.45) is -0.671. The molecule has 2 amide bonds. The highest BCUT2D eigenvalue weighted by Crippen LogP contribution is 2.38. The van der Waals surface area contributed by atoms with Gasteiger partial charge in [0.25, 0.3) is 5.91 Å². The number of rotatable bonds is 6. The summed E-state index contributed by atoms with van der Waals surface area (Å²) in [6, 6.07) is 14.6. The molecule has 3 rings (SSSR count). The number of benzene rings is 2. The van der Waals surface area contributed by atoms with Gasteiger partial charge in [0.05, 0.1) is 11.1 Å². The van der Waals surface area contributed by atoms with Gasteiger partial charge in [-0.05, 0) is 57.0 Å². The summed E-state index contributed by atoms with van der Waals surface area (Å²) in [4.78, 5) is 27.6. The van der Waals surface area contributed by atoms with Crippen molar-refractivity contribution in [2.75, 3.05) is 23.4 Å². The first-order valence-electron chi connectivity index (χ1n) is 10.3. The molecule has 0 fully saturated rings. The Kier molecular flexibility index (Phi) is 6.34. The summed E-state index contributed by atoms with van der Waals surface area (Å²) in [5.74, 6) is 1.30. The van der Waals surface area contributed by atoms with Gasteiger partial charge in [0.1, 0.15) is 18.1 Å². The smallest absolute Gasteiger partial charge is 0.265 e. The molecule has 6 heteroatoms. The van der Waals surface area contributed by atoms with Crippen LogP contribution < -0.4 is 19.7 Å². The summed E-state index contributed by atoms with van der Waals surface area (Å²) in [5.41, 5.74) is 0.635. The standard InChI is InChI=1S/C24H30N2O4/c1-16(2)14-26-20-13-18(11-12-21(20)29-15-24(4,5)23(26)28)25-22(27)17(3)30-19-9-7-6-8-10-19/h6-13,16-17H,14-15H2,1-5H3,(H,25,27). The molecule has 0 saturated carbocycles. The number of carbonyl (C=O) groups is 2. The topological polar surface area (TPSA) is 67.9 Å². The van der Waals surface area contributed by atoms with Crippen molar-refractivity contribution in [2.24, 2.45) is 11.3 Å². The number of anilines is 2. The number of nitrogens with one attached hydrogen (secondary N) is 1. The average molecular weight is 411 g/mol. The lowest BCUT2D eigenvalue weighted by Gasteiger charge is -2.29. The van der Waals surface area contributed by atoms with Crippen LogP contribution in [0.15, 0.2) is 48.5 Å². The number of hydrogen-bond acceptors (Lipinski definition) is 4. The van der Waals surface area contributed by atoms with E-state index in [4.69, 9.17) is 9.47 Å². The third-order valence-electron chi connectivity index (χ3n) is 4.90. The molecule has 2 aromatic rings. The summed E-state index contributed by atoms with van der Waals surface area (Å²) >= 11 is 0. The van der Waals surface area contributed by atoms with E-state index in [1.165, 1.54) is 0 Å². The van der Waals surface area contributed by atoms with Gasteiger partial charge in [0.2, 0.25) is 5.91 Å². The van der Waals surface area contributed by atoms with Crippen LogP contribution in [0.2, 0.25) is 0 Å². The molecular weight excluding hydrogens is 380 g/mol. The zero-order valence-electron chi connectivity index (χ0n) is 18.3. The highest BCUT2D eigenvalue weighted by molar-refractivity contribution is 6.01. The quantitative estimate of drug-likeness (QED) is 0.761. The van der Waals surface area contributed by atoms with E-state index in [9.17, 15) is 9.59 Å². The van der Waals surface area contributed by atoms with Crippen molar-refractivity contribution in [3.63, 3.8) is 0 Å². The maximum atomic E-state index is 13.1. The number of ether oxygens (including phenoxy) is 2. The first-order valence-corrected chi connectivity index (χ1v) is 10.3. The first kappa shape index (κ1) is 21.7. The van der Waals surface area contributed by atoms with Gasteiger partial charge in [-0.3, -0.25) is 9.59 Å². The monoisotopic (exact) mass is 410 g/mol. The van der Waals surface area contributed by atoms with Crippen LogP contribution in [-0.4, -0.2) is 31.1 Å². The van der Waals surface area contributed by atoms with Crippen LogP contribution in [-0.2, 0) is 9.59 Å². The minimum Gasteiger partial charge on any atom is -0.490 e. The minimum absolute atomic E-state index is 0.0132. The normalized spacial score (nSPS) is 16.3. The molecule has 0 aliphatic carbocycles. The molecule has 30 heavy (non-hydrogen) atoms. The van der Waals surface area contributed by atoms with Crippen molar-refractivity contribution in [1.29, 1.82) is 0 Å². The Morgan fingerprint density at radius 3 is 2.53 bits per heavy atom. The molecule has 6 nitrogen and oxygen atoms in total. The van der Waals surface area contributed by atoms with E-state index < -0.39 is 11.5 Å². The molecule has 160 valence electrons. The number of amides is 2. The zero-order chi connectivity index (χ0) is 21.9. The predicted molar refractivity (Wildman–Crippen MR) is 118 cm³/mol. The van der Waals surface area contributed by atoms with Crippen molar-refractivity contribution in [3.8, 4) is 11.5 Å². The van der Waals surface area contributed by atoms with Gasteiger partial charge in [-0.1, -0.05) is 32.0 Å². The predicted octanol–water partition coefficient (Wildman–Crippen LogP) is 4.50. The largest absolute Gasteiger partial charge is 0.490 e. The lowest BCUT2D eigenvalue weighted by Crippen LogP contribution is -2.43. The van der Waals surface area contributed by atoms with Gasteiger partial charge >= 0.3 is 0 Å². The second kappa shape index (κ2) is 8.78. The fourth-order valence-electron chi connectivity index (χ4n) is 3.27. The maximum Gasteiger partial charge on any atom is 0.265 e. The number of hydrogen-bond donors (Lipinski definition) is 1. The van der Waals surface area contributed by atoms with Gasteiger partial charge in [-0.2, -0.15) is 0 Å². The maximum absolute atomic E-state index is 13.1. The Hall–Kier alpha value is -3.02. The van der Waals surface area contributed by atoms with E-state index in [0.29, 0.717) is 36.0 Å². The molecule has 1 aliphatic rings. The lowest BCUT2D eigenvalue weighted by atomic mass is 9.92. The van der Waals surface area contributed by atoms with Gasteiger partial charge in [0, 0.05) is 12.2 Å². The molecule has 1 heterocycles. The average Bonchev–Trinajstić information content (AvgIpc) is 2.79. The van der Waals surface area contributed by atoms with Gasteiger partial charge in [-0.15, -0.1) is 0 Å². The van der Waals surface area contributed by atoms with E-state index in [2.05, 4.69) is 19.2 Å². The first-order chi connectivity index (χ1) is 14.2. The van der Waals surface area contributed by atoms with E-state index in [1.54, 1.807) is 42.2 Å². The van der Waals surface area contributed by atoms with Gasteiger partial charge < -0.3 is 19.7 Å². The summed E-state index contributed by atoms with van der Waals surface area (Å²) in [7, 11) is 0. The minimum atomic E-state index is -0.671. The van der Waals surface area contributed by atoms with Crippen LogP contribution in [0.4, 0.5) is 11.4 Å². The van der Waals surface area contributed by atoms with E-state index in [1.807, 2.05) is 32.0 Å². The summed E-state index contributed by atoms with van der Waals surface area (Å²) in [6.45, 7) is 10.5. The molecule has 0 spiro atoms. The van der Waals surface area contributed by atoms with Crippen LogP contribution in [0.3, 0.4) is 0 Å². The zero-order valence-corrected chi connectivity index (χ0v) is 18.3. The van der Waals surface area contributed by atoms with Crippen molar-refractivity contribution in [2.45, 2.75) is 40.7 Å². The second-order valence-electron chi connectivity index (χ2n) is 8.73. The molecular formula is C24H30N2O4. The van der Waals surface area contributed by atoms with E-state index in [0.717, 1.165) is 0 Å². The van der Waals surface area contributed by atoms with Crippen LogP contribution >= 0.6 is 0 Å². The highest BCUT2D eigenvalue weighted by Gasteiger charge is 2.38. The third-order valence-corrected chi connectivity index (χ3v) is 4.90. The van der Waals surface area contributed by atoms with E-state index >= 15 is 0 Å². The van der Waals surface area contributed by atoms with E-state index in [-0.39, 0.29) is 17.7 Å². The van der Waals surface area contributed by atoms with Gasteiger partial charge in [-0.25, -0.2) is 0 Å². The fourth-order valence-corrected chi connectivity index (χ4v) is 3.27.